The van der Waals surface area contributed by atoms with Crippen LogP contribution in [0.1, 0.15) is 28.9 Å². The number of carbonyl (C=O) groups excluding carboxylic acids is 1. The molecule has 0 atom stereocenters. The monoisotopic (exact) mass is 401 g/mol. The summed E-state index contributed by atoms with van der Waals surface area (Å²) in [5.41, 5.74) is 0.596. The predicted molar refractivity (Wildman–Crippen MR) is 102 cm³/mol. The smallest absolute Gasteiger partial charge is 0.370 e. The molecule has 0 saturated carbocycles. The van der Waals surface area contributed by atoms with E-state index < -0.39 is 17.6 Å². The first-order valence-electron chi connectivity index (χ1n) is 9.17. The average molecular weight is 401 g/mol. The maximum absolute atomic E-state index is 13.2. The zero-order valence-corrected chi connectivity index (χ0v) is 15.4. The molecule has 6 nitrogen and oxygen atoms in total. The van der Waals surface area contributed by atoms with E-state index in [1.54, 1.807) is 12.1 Å². The van der Waals surface area contributed by atoms with Crippen LogP contribution in [0.25, 0.3) is 5.69 Å². The molecule has 150 valence electrons. The lowest BCUT2D eigenvalue weighted by molar-refractivity contribution is -0.137. The largest absolute Gasteiger partial charge is 0.416 e. The van der Waals surface area contributed by atoms with Crippen molar-refractivity contribution in [3.63, 3.8) is 0 Å². The third-order valence-corrected chi connectivity index (χ3v) is 4.77. The van der Waals surface area contributed by atoms with Crippen molar-refractivity contribution in [3.05, 3.63) is 66.0 Å². The average Bonchev–Trinajstić information content (AvgIpc) is 3.40. The third kappa shape index (κ3) is 4.08. The molecule has 0 radical (unpaired) electrons. The molecule has 1 amide bonds. The lowest BCUT2D eigenvalue weighted by Crippen LogP contribution is -2.22. The fourth-order valence-corrected chi connectivity index (χ4v) is 3.31. The molecule has 0 spiro atoms. The fourth-order valence-electron chi connectivity index (χ4n) is 3.31. The Balaban J connectivity index is 1.62. The summed E-state index contributed by atoms with van der Waals surface area (Å²) >= 11 is 0. The number of amides is 1. The number of rotatable bonds is 4. The van der Waals surface area contributed by atoms with Crippen molar-refractivity contribution in [3.8, 4) is 5.69 Å². The number of nitrogens with one attached hydrogen (secondary N) is 1. The van der Waals surface area contributed by atoms with E-state index >= 15 is 0 Å². The first kappa shape index (κ1) is 19.0. The molecule has 1 aromatic heterocycles. The molecule has 1 aliphatic heterocycles. The number of benzene rings is 2. The van der Waals surface area contributed by atoms with Crippen LogP contribution in [0.4, 0.5) is 24.5 Å². The molecule has 1 aliphatic rings. The normalized spacial score (nSPS) is 14.2. The highest BCUT2D eigenvalue weighted by atomic mass is 19.4. The van der Waals surface area contributed by atoms with Gasteiger partial charge < -0.3 is 10.2 Å². The van der Waals surface area contributed by atoms with Gasteiger partial charge in [0.05, 0.1) is 28.8 Å². The molecule has 0 unspecified atom stereocenters. The second-order valence-corrected chi connectivity index (χ2v) is 6.76. The Kier molecular flexibility index (Phi) is 4.96. The van der Waals surface area contributed by atoms with E-state index in [1.807, 2.05) is 23.1 Å². The van der Waals surface area contributed by atoms with Crippen molar-refractivity contribution in [2.75, 3.05) is 23.3 Å². The van der Waals surface area contributed by atoms with Crippen molar-refractivity contribution < 1.29 is 18.0 Å². The minimum Gasteiger partial charge on any atom is -0.370 e. The second kappa shape index (κ2) is 7.57. The Labute approximate surface area is 164 Å². The van der Waals surface area contributed by atoms with Crippen LogP contribution < -0.4 is 10.2 Å². The highest BCUT2D eigenvalue weighted by Crippen LogP contribution is 2.36. The van der Waals surface area contributed by atoms with Crippen LogP contribution in [0, 0.1) is 0 Å². The van der Waals surface area contributed by atoms with Gasteiger partial charge in [-0.15, -0.1) is 5.10 Å². The molecule has 1 N–H and O–H groups in total. The van der Waals surface area contributed by atoms with Crippen LogP contribution in [0.5, 0.6) is 0 Å². The maximum Gasteiger partial charge on any atom is 0.416 e. The second-order valence-electron chi connectivity index (χ2n) is 6.76. The summed E-state index contributed by atoms with van der Waals surface area (Å²) < 4.78 is 41.0. The third-order valence-electron chi connectivity index (χ3n) is 4.77. The van der Waals surface area contributed by atoms with Crippen LogP contribution in [0.3, 0.4) is 0 Å². The highest BCUT2D eigenvalue weighted by molar-refractivity contribution is 6.04. The van der Waals surface area contributed by atoms with Crippen molar-refractivity contribution in [1.82, 2.24) is 15.0 Å². The van der Waals surface area contributed by atoms with E-state index in [0.717, 1.165) is 43.8 Å². The first-order valence-corrected chi connectivity index (χ1v) is 9.17. The number of anilines is 2. The van der Waals surface area contributed by atoms with Gasteiger partial charge in [0.1, 0.15) is 0 Å². The molecule has 1 saturated heterocycles. The number of para-hydroxylation sites is 1. The van der Waals surface area contributed by atoms with Gasteiger partial charge in [-0.2, -0.15) is 13.2 Å². The molecule has 29 heavy (non-hydrogen) atoms. The maximum atomic E-state index is 13.2. The quantitative estimate of drug-likeness (QED) is 0.714. The number of aromatic nitrogens is 3. The molecule has 1 fully saturated rings. The Morgan fingerprint density at radius 3 is 2.45 bits per heavy atom. The van der Waals surface area contributed by atoms with Gasteiger partial charge in [0, 0.05) is 13.1 Å². The summed E-state index contributed by atoms with van der Waals surface area (Å²) in [5.74, 6) is -0.619. The van der Waals surface area contributed by atoms with Crippen LogP contribution in [-0.4, -0.2) is 34.0 Å². The lowest BCUT2D eigenvalue weighted by Gasteiger charge is -2.22. The minimum absolute atomic E-state index is 0.0126. The number of carbonyl (C=O) groups is 1. The molecule has 2 aromatic carbocycles. The fraction of sp³-hybridized carbons (Fsp3) is 0.250. The van der Waals surface area contributed by atoms with Gasteiger partial charge in [-0.3, -0.25) is 4.79 Å². The Morgan fingerprint density at radius 1 is 1.03 bits per heavy atom. The number of alkyl halides is 3. The summed E-state index contributed by atoms with van der Waals surface area (Å²) in [6.45, 7) is 1.47. The first-order chi connectivity index (χ1) is 13.9. The Hall–Kier alpha value is -3.36. The van der Waals surface area contributed by atoms with Gasteiger partial charge in [-0.25, -0.2) is 4.68 Å². The van der Waals surface area contributed by atoms with E-state index in [0.29, 0.717) is 5.69 Å². The van der Waals surface area contributed by atoms with Crippen LogP contribution in [0.15, 0.2) is 54.7 Å². The number of nitrogens with zero attached hydrogens (tertiary/aromatic N) is 4. The standard InChI is InChI=1S/C20H18F3N5O/c21-20(22,23)14-8-9-18(27-10-4-5-11-27)16(12-14)24-19(29)17-13-28(26-25-17)15-6-2-1-3-7-15/h1-3,6-9,12-13H,4-5,10-11H2,(H,24,29). The van der Waals surface area contributed by atoms with Gasteiger partial charge in [0.2, 0.25) is 0 Å². The molecular weight excluding hydrogens is 383 g/mol. The summed E-state index contributed by atoms with van der Waals surface area (Å²) in [6.07, 6.45) is -1.15. The van der Waals surface area contributed by atoms with Crippen molar-refractivity contribution >= 4 is 17.3 Å². The minimum atomic E-state index is -4.50. The molecule has 2 heterocycles. The summed E-state index contributed by atoms with van der Waals surface area (Å²) in [5, 5.41) is 10.4. The Morgan fingerprint density at radius 2 is 1.76 bits per heavy atom. The number of halogens is 3. The van der Waals surface area contributed by atoms with Gasteiger partial charge in [0.15, 0.2) is 5.69 Å². The summed E-state index contributed by atoms with van der Waals surface area (Å²) in [4.78, 5) is 14.6. The molecule has 0 bridgehead atoms. The van der Waals surface area contributed by atoms with Crippen molar-refractivity contribution in [2.24, 2.45) is 0 Å². The molecule has 0 aliphatic carbocycles. The molecule has 4 rings (SSSR count). The predicted octanol–water partition coefficient (Wildman–Crippen LogP) is 4.14. The van der Waals surface area contributed by atoms with Crippen molar-refractivity contribution in [1.29, 1.82) is 0 Å². The van der Waals surface area contributed by atoms with Gasteiger partial charge >= 0.3 is 6.18 Å². The summed E-state index contributed by atoms with van der Waals surface area (Å²) in [7, 11) is 0. The van der Waals surface area contributed by atoms with E-state index in [4.69, 9.17) is 0 Å². The lowest BCUT2D eigenvalue weighted by atomic mass is 10.1. The zero-order chi connectivity index (χ0) is 20.4. The van der Waals surface area contributed by atoms with Crippen LogP contribution in [-0.2, 0) is 6.18 Å². The number of hydrogen-bond donors (Lipinski definition) is 1. The van der Waals surface area contributed by atoms with E-state index in [1.165, 1.54) is 16.9 Å². The SMILES string of the molecule is O=C(Nc1cc(C(F)(F)F)ccc1N1CCCC1)c1cn(-c2ccccc2)nn1. The van der Waals surface area contributed by atoms with E-state index in [-0.39, 0.29) is 11.4 Å². The number of hydrogen-bond acceptors (Lipinski definition) is 4. The highest BCUT2D eigenvalue weighted by Gasteiger charge is 2.32. The molecular formula is C20H18F3N5O. The topological polar surface area (TPSA) is 63.1 Å². The van der Waals surface area contributed by atoms with E-state index in [9.17, 15) is 18.0 Å². The van der Waals surface area contributed by atoms with Gasteiger partial charge in [-0.1, -0.05) is 23.4 Å². The molecule has 9 heteroatoms. The zero-order valence-electron chi connectivity index (χ0n) is 15.4. The van der Waals surface area contributed by atoms with Gasteiger partial charge in [0.25, 0.3) is 5.91 Å². The van der Waals surface area contributed by atoms with E-state index in [2.05, 4.69) is 15.6 Å². The Bertz CT molecular complexity index is 1010. The summed E-state index contributed by atoms with van der Waals surface area (Å²) in [6, 6.07) is 12.5. The van der Waals surface area contributed by atoms with Crippen LogP contribution >= 0.6 is 0 Å². The molecule has 3 aromatic rings. The van der Waals surface area contributed by atoms with Gasteiger partial charge in [-0.05, 0) is 43.2 Å². The van der Waals surface area contributed by atoms with Crippen LogP contribution in [0.2, 0.25) is 0 Å². The van der Waals surface area contributed by atoms with Crippen molar-refractivity contribution in [2.45, 2.75) is 19.0 Å².